The number of hydrogen-bond acceptors (Lipinski definition) is 7. The number of pyridine rings is 1. The first-order valence-corrected chi connectivity index (χ1v) is 11.6. The molecule has 0 radical (unpaired) electrons. The molecule has 3 rings (SSSR count). The van der Waals surface area contributed by atoms with Crippen LogP contribution in [-0.4, -0.2) is 60.0 Å². The number of benzene rings is 1. The van der Waals surface area contributed by atoms with Gasteiger partial charge < -0.3 is 20.1 Å². The quantitative estimate of drug-likeness (QED) is 0.383. The Morgan fingerprint density at radius 1 is 1.08 bits per heavy atom. The number of halogens is 2. The van der Waals surface area contributed by atoms with Crippen molar-refractivity contribution in [2.24, 2.45) is 7.05 Å². The average molecular weight is 534 g/mol. The van der Waals surface area contributed by atoms with Crippen LogP contribution in [0.4, 0.5) is 0 Å². The average Bonchev–Trinajstić information content (AvgIpc) is 2.85. The first-order chi connectivity index (χ1) is 17.3. The lowest BCUT2D eigenvalue weighted by molar-refractivity contribution is -0.123. The molecule has 2 heterocycles. The summed E-state index contributed by atoms with van der Waals surface area (Å²) in [5.41, 5.74) is 1.45. The predicted molar refractivity (Wildman–Crippen MR) is 136 cm³/mol. The van der Waals surface area contributed by atoms with E-state index in [0.717, 1.165) is 5.56 Å². The largest absolute Gasteiger partial charge is 0.494 e. The maximum Gasteiger partial charge on any atom is 0.278 e. The summed E-state index contributed by atoms with van der Waals surface area (Å²) in [6.07, 6.45) is 4.23. The molecule has 0 aliphatic carbocycles. The van der Waals surface area contributed by atoms with E-state index in [1.165, 1.54) is 37.5 Å². The Morgan fingerprint density at radius 3 is 2.36 bits per heavy atom. The fourth-order valence-electron chi connectivity index (χ4n) is 3.45. The van der Waals surface area contributed by atoms with E-state index in [9.17, 15) is 14.4 Å². The molecule has 0 aliphatic rings. The van der Waals surface area contributed by atoms with Crippen LogP contribution >= 0.6 is 23.2 Å². The van der Waals surface area contributed by atoms with Gasteiger partial charge in [0, 0.05) is 39.5 Å². The van der Waals surface area contributed by atoms with Gasteiger partial charge in [0.2, 0.25) is 5.91 Å². The minimum absolute atomic E-state index is 0.0269. The summed E-state index contributed by atoms with van der Waals surface area (Å²) in [6.45, 7) is 0.578. The molecule has 36 heavy (non-hydrogen) atoms. The van der Waals surface area contributed by atoms with Crippen LogP contribution in [0.15, 0.2) is 47.7 Å². The highest BCUT2D eigenvalue weighted by Gasteiger charge is 2.24. The monoisotopic (exact) mass is 533 g/mol. The molecule has 3 aromatic rings. The second-order valence-electron chi connectivity index (χ2n) is 7.71. The van der Waals surface area contributed by atoms with E-state index >= 15 is 0 Å². The maximum atomic E-state index is 12.9. The summed E-state index contributed by atoms with van der Waals surface area (Å²) in [5, 5.41) is 9.53. The molecule has 190 valence electrons. The topological polar surface area (TPSA) is 124 Å². The van der Waals surface area contributed by atoms with Gasteiger partial charge in [-0.1, -0.05) is 47.5 Å². The Balaban J connectivity index is 1.86. The van der Waals surface area contributed by atoms with Crippen molar-refractivity contribution >= 4 is 35.0 Å². The number of carbonyl (C=O) groups excluding carboxylic acids is 2. The summed E-state index contributed by atoms with van der Waals surface area (Å²) in [7, 11) is 4.53. The third kappa shape index (κ3) is 6.39. The number of ether oxygens (including phenoxy) is 2. The Hall–Kier alpha value is -3.47. The molecule has 0 saturated carbocycles. The summed E-state index contributed by atoms with van der Waals surface area (Å²) in [6, 6.07) is 6.08. The Bertz CT molecular complexity index is 1280. The highest BCUT2D eigenvalue weighted by atomic mass is 35.5. The zero-order valence-electron chi connectivity index (χ0n) is 19.9. The summed E-state index contributed by atoms with van der Waals surface area (Å²) >= 11 is 12.2. The fourth-order valence-corrected chi connectivity index (χ4v) is 3.99. The first-order valence-electron chi connectivity index (χ1n) is 10.8. The number of aryl methyl sites for hydroxylation is 1. The van der Waals surface area contributed by atoms with Crippen LogP contribution in [0.5, 0.6) is 5.75 Å². The van der Waals surface area contributed by atoms with Crippen molar-refractivity contribution in [3.05, 3.63) is 74.4 Å². The molecule has 0 fully saturated rings. The molecule has 2 amide bonds. The normalized spacial score (nSPS) is 11.6. The van der Waals surface area contributed by atoms with E-state index in [0.29, 0.717) is 23.5 Å². The zero-order valence-corrected chi connectivity index (χ0v) is 21.4. The van der Waals surface area contributed by atoms with E-state index in [2.05, 4.69) is 20.7 Å². The molecule has 10 nitrogen and oxygen atoms in total. The maximum absolute atomic E-state index is 12.9. The van der Waals surface area contributed by atoms with E-state index in [-0.39, 0.29) is 34.1 Å². The van der Waals surface area contributed by atoms with E-state index in [4.69, 9.17) is 32.7 Å². The van der Waals surface area contributed by atoms with Crippen molar-refractivity contribution in [2.45, 2.75) is 12.5 Å². The minimum Gasteiger partial charge on any atom is -0.494 e. The van der Waals surface area contributed by atoms with Gasteiger partial charge in [0.15, 0.2) is 5.75 Å². The van der Waals surface area contributed by atoms with Crippen molar-refractivity contribution in [3.8, 4) is 16.9 Å². The van der Waals surface area contributed by atoms with Crippen LogP contribution in [0.1, 0.15) is 15.9 Å². The second-order valence-corrected chi connectivity index (χ2v) is 8.52. The van der Waals surface area contributed by atoms with Crippen molar-refractivity contribution in [1.29, 1.82) is 0 Å². The predicted octanol–water partition coefficient (Wildman–Crippen LogP) is 2.26. The smallest absolute Gasteiger partial charge is 0.278 e. The number of carbonyl (C=O) groups is 2. The Kier molecular flexibility index (Phi) is 9.40. The first kappa shape index (κ1) is 27.1. The SMILES string of the molecule is COCCNC(=O)[C@H](Cc1ccc(-c2c(OC)cnn(C)c2=O)cc1)NC(=O)c1c(Cl)cncc1Cl. The lowest BCUT2D eigenvalue weighted by atomic mass is 10.0. The van der Waals surface area contributed by atoms with Crippen LogP contribution in [0.25, 0.3) is 11.1 Å². The van der Waals surface area contributed by atoms with E-state index < -0.39 is 17.9 Å². The van der Waals surface area contributed by atoms with Gasteiger partial charge in [-0.3, -0.25) is 19.4 Å². The van der Waals surface area contributed by atoms with Crippen LogP contribution in [0, 0.1) is 0 Å². The molecule has 2 aromatic heterocycles. The highest BCUT2D eigenvalue weighted by Crippen LogP contribution is 2.26. The number of nitrogens with one attached hydrogen (secondary N) is 2. The molecule has 0 saturated heterocycles. The number of aromatic nitrogens is 3. The number of rotatable bonds is 10. The van der Waals surface area contributed by atoms with Gasteiger partial charge in [-0.25, -0.2) is 4.68 Å². The third-order valence-electron chi connectivity index (χ3n) is 5.31. The Labute approximate surface area is 217 Å². The molecule has 0 spiro atoms. The summed E-state index contributed by atoms with van der Waals surface area (Å²) in [4.78, 5) is 42.3. The molecule has 0 bridgehead atoms. The molecule has 0 unspecified atom stereocenters. The fraction of sp³-hybridized carbons (Fsp3) is 0.292. The van der Waals surface area contributed by atoms with Gasteiger partial charge in [-0.05, 0) is 11.1 Å². The Morgan fingerprint density at radius 2 is 1.75 bits per heavy atom. The number of nitrogens with zero attached hydrogens (tertiary/aromatic N) is 3. The van der Waals surface area contributed by atoms with Crippen molar-refractivity contribution in [2.75, 3.05) is 27.4 Å². The standard InChI is InChI=1S/C24H25Cl2N5O5/c1-31-24(34)20(19(36-3)13-29-31)15-6-4-14(5-7-15)10-18(22(32)28-8-9-35-2)30-23(33)21-16(25)11-27-12-17(21)26/h4-7,11-13,18H,8-10H2,1-3H3,(H,28,32)(H,30,33)/t18-/m0/s1. The number of methoxy groups -OCH3 is 2. The molecule has 1 atom stereocenters. The summed E-state index contributed by atoms with van der Waals surface area (Å²) in [5.74, 6) is -0.670. The van der Waals surface area contributed by atoms with Crippen molar-refractivity contribution < 1.29 is 19.1 Å². The summed E-state index contributed by atoms with van der Waals surface area (Å²) < 4.78 is 11.5. The van der Waals surface area contributed by atoms with Crippen molar-refractivity contribution in [3.63, 3.8) is 0 Å². The van der Waals surface area contributed by atoms with Crippen LogP contribution in [-0.2, 0) is 23.0 Å². The van der Waals surface area contributed by atoms with Crippen LogP contribution in [0.2, 0.25) is 10.0 Å². The van der Waals surface area contributed by atoms with Gasteiger partial charge >= 0.3 is 0 Å². The van der Waals surface area contributed by atoms with Crippen LogP contribution < -0.4 is 20.9 Å². The van der Waals surface area contributed by atoms with Gasteiger partial charge in [0.25, 0.3) is 11.5 Å². The number of amides is 2. The van der Waals surface area contributed by atoms with Crippen LogP contribution in [0.3, 0.4) is 0 Å². The van der Waals surface area contributed by atoms with E-state index in [1.54, 1.807) is 31.3 Å². The molecule has 0 aliphatic heterocycles. The molecular weight excluding hydrogens is 509 g/mol. The van der Waals surface area contributed by atoms with Gasteiger partial charge in [0.05, 0.1) is 41.1 Å². The van der Waals surface area contributed by atoms with Crippen molar-refractivity contribution in [1.82, 2.24) is 25.4 Å². The zero-order chi connectivity index (χ0) is 26.2. The highest BCUT2D eigenvalue weighted by molar-refractivity contribution is 6.39. The van der Waals surface area contributed by atoms with Gasteiger partial charge in [-0.2, -0.15) is 5.10 Å². The third-order valence-corrected chi connectivity index (χ3v) is 5.89. The lowest BCUT2D eigenvalue weighted by Gasteiger charge is -2.19. The van der Waals surface area contributed by atoms with Gasteiger partial charge in [-0.15, -0.1) is 0 Å². The molecular formula is C24H25Cl2N5O5. The second kappa shape index (κ2) is 12.5. The number of hydrogen-bond donors (Lipinski definition) is 2. The van der Waals surface area contributed by atoms with E-state index in [1.807, 2.05) is 0 Å². The lowest BCUT2D eigenvalue weighted by Crippen LogP contribution is -2.48. The molecule has 2 N–H and O–H groups in total. The van der Waals surface area contributed by atoms with Gasteiger partial charge in [0.1, 0.15) is 6.04 Å². The molecule has 1 aromatic carbocycles. The molecule has 12 heteroatoms. The minimum atomic E-state index is -0.941.